The van der Waals surface area contributed by atoms with Crippen LogP contribution in [-0.4, -0.2) is 40.7 Å². The maximum Gasteiger partial charge on any atom is 0.312 e. The summed E-state index contributed by atoms with van der Waals surface area (Å²) in [5.41, 5.74) is 1.04. The summed E-state index contributed by atoms with van der Waals surface area (Å²) in [6, 6.07) is 9.79. The van der Waals surface area contributed by atoms with Gasteiger partial charge in [-0.15, -0.1) is 0 Å². The second-order valence-electron chi connectivity index (χ2n) is 6.16. The molecule has 0 atom stereocenters. The van der Waals surface area contributed by atoms with Crippen molar-refractivity contribution in [3.8, 4) is 0 Å². The first-order chi connectivity index (χ1) is 11.0. The molecule has 4 heteroatoms. The lowest BCUT2D eigenvalue weighted by molar-refractivity contribution is -0.153. The van der Waals surface area contributed by atoms with E-state index in [1.54, 1.807) is 9.80 Å². The normalized spacial score (nSPS) is 10.7. The average molecular weight is 318 g/mol. The van der Waals surface area contributed by atoms with Crippen molar-refractivity contribution in [3.05, 3.63) is 35.9 Å². The smallest absolute Gasteiger partial charge is 0.312 e. The van der Waals surface area contributed by atoms with E-state index in [-0.39, 0.29) is 11.9 Å². The van der Waals surface area contributed by atoms with E-state index in [4.69, 9.17) is 0 Å². The van der Waals surface area contributed by atoms with Crippen molar-refractivity contribution < 1.29 is 9.59 Å². The first kappa shape index (κ1) is 19.2. The summed E-state index contributed by atoms with van der Waals surface area (Å²) in [6.45, 7) is 9.78. The van der Waals surface area contributed by atoms with Crippen molar-refractivity contribution in [2.24, 2.45) is 0 Å². The fraction of sp³-hybridized carbons (Fsp3) is 0.579. The Morgan fingerprint density at radius 3 is 2.13 bits per heavy atom. The van der Waals surface area contributed by atoms with E-state index in [9.17, 15) is 9.59 Å². The predicted octanol–water partition coefficient (Wildman–Crippen LogP) is 3.46. The molecule has 1 aromatic carbocycles. The van der Waals surface area contributed by atoms with Gasteiger partial charge in [0.15, 0.2) is 0 Å². The number of hydrogen-bond donors (Lipinski definition) is 0. The number of carbonyl (C=O) groups is 2. The molecule has 1 rings (SSSR count). The van der Waals surface area contributed by atoms with Gasteiger partial charge in [0.05, 0.1) is 0 Å². The van der Waals surface area contributed by atoms with Crippen LogP contribution in [0.15, 0.2) is 30.3 Å². The highest BCUT2D eigenvalue weighted by molar-refractivity contribution is 6.34. The Hall–Kier alpha value is -1.84. The molecule has 0 radical (unpaired) electrons. The van der Waals surface area contributed by atoms with Gasteiger partial charge in [0.2, 0.25) is 0 Å². The number of benzene rings is 1. The van der Waals surface area contributed by atoms with E-state index < -0.39 is 5.91 Å². The van der Waals surface area contributed by atoms with E-state index in [0.717, 1.165) is 24.8 Å². The molecule has 0 N–H and O–H groups in total. The molecule has 0 aliphatic carbocycles. The van der Waals surface area contributed by atoms with Crippen LogP contribution in [-0.2, 0) is 16.1 Å². The Bertz CT molecular complexity index is 485. The molecular formula is C19H30N2O2. The van der Waals surface area contributed by atoms with Gasteiger partial charge in [-0.1, -0.05) is 50.6 Å². The first-order valence-corrected chi connectivity index (χ1v) is 8.65. The van der Waals surface area contributed by atoms with Gasteiger partial charge in [-0.3, -0.25) is 9.59 Å². The van der Waals surface area contributed by atoms with Gasteiger partial charge in [0.1, 0.15) is 0 Å². The Kier molecular flexibility index (Phi) is 8.38. The van der Waals surface area contributed by atoms with Crippen molar-refractivity contribution in [1.29, 1.82) is 0 Å². The summed E-state index contributed by atoms with van der Waals surface area (Å²) in [5.74, 6) is -0.765. The van der Waals surface area contributed by atoms with E-state index in [2.05, 4.69) is 6.92 Å². The van der Waals surface area contributed by atoms with E-state index in [0.29, 0.717) is 19.6 Å². The molecule has 0 aliphatic rings. The quantitative estimate of drug-likeness (QED) is 0.689. The summed E-state index contributed by atoms with van der Waals surface area (Å²) in [5, 5.41) is 0. The van der Waals surface area contributed by atoms with Crippen LogP contribution in [0.3, 0.4) is 0 Å². The third-order valence-electron chi connectivity index (χ3n) is 3.83. The van der Waals surface area contributed by atoms with Gasteiger partial charge in [-0.05, 0) is 32.3 Å². The molecule has 0 aromatic heterocycles. The zero-order valence-electron chi connectivity index (χ0n) is 14.9. The van der Waals surface area contributed by atoms with Crippen molar-refractivity contribution in [2.45, 2.75) is 59.5 Å². The number of amides is 2. The van der Waals surface area contributed by atoms with Crippen LogP contribution in [0.4, 0.5) is 0 Å². The second kappa shape index (κ2) is 10.0. The fourth-order valence-corrected chi connectivity index (χ4v) is 2.46. The Morgan fingerprint density at radius 1 is 0.957 bits per heavy atom. The lowest BCUT2D eigenvalue weighted by Gasteiger charge is -2.29. The lowest BCUT2D eigenvalue weighted by Crippen LogP contribution is -2.48. The van der Waals surface area contributed by atoms with Crippen LogP contribution in [0.5, 0.6) is 0 Å². The van der Waals surface area contributed by atoms with Gasteiger partial charge in [-0.2, -0.15) is 0 Å². The molecule has 0 heterocycles. The molecule has 0 unspecified atom stereocenters. The van der Waals surface area contributed by atoms with Crippen molar-refractivity contribution >= 4 is 11.8 Å². The molecule has 0 saturated heterocycles. The molecule has 23 heavy (non-hydrogen) atoms. The van der Waals surface area contributed by atoms with E-state index in [1.807, 2.05) is 51.1 Å². The lowest BCUT2D eigenvalue weighted by atomic mass is 10.2. The van der Waals surface area contributed by atoms with Crippen LogP contribution < -0.4 is 0 Å². The Balaban J connectivity index is 2.84. The summed E-state index contributed by atoms with van der Waals surface area (Å²) in [7, 11) is 0. The molecule has 128 valence electrons. The predicted molar refractivity (Wildman–Crippen MR) is 93.9 cm³/mol. The molecular weight excluding hydrogens is 288 g/mol. The van der Waals surface area contributed by atoms with Gasteiger partial charge >= 0.3 is 11.8 Å². The van der Waals surface area contributed by atoms with E-state index >= 15 is 0 Å². The minimum absolute atomic E-state index is 0.0127. The van der Waals surface area contributed by atoms with Crippen LogP contribution >= 0.6 is 0 Å². The number of rotatable bonds is 8. The molecule has 4 nitrogen and oxygen atoms in total. The average Bonchev–Trinajstić information content (AvgIpc) is 2.56. The van der Waals surface area contributed by atoms with Crippen molar-refractivity contribution in [2.75, 3.05) is 13.1 Å². The van der Waals surface area contributed by atoms with Crippen LogP contribution in [0.25, 0.3) is 0 Å². The molecule has 0 spiro atoms. The summed E-state index contributed by atoms with van der Waals surface area (Å²) in [4.78, 5) is 28.7. The fourth-order valence-electron chi connectivity index (χ4n) is 2.46. The van der Waals surface area contributed by atoms with Crippen molar-refractivity contribution in [1.82, 2.24) is 9.80 Å². The molecule has 0 fully saturated rings. The molecule has 1 aromatic rings. The summed E-state index contributed by atoms with van der Waals surface area (Å²) >= 11 is 0. The number of unbranched alkanes of at least 4 members (excludes halogenated alkanes) is 1. The minimum Gasteiger partial charge on any atom is -0.334 e. The van der Waals surface area contributed by atoms with E-state index in [1.165, 1.54) is 0 Å². The molecule has 0 bridgehead atoms. The van der Waals surface area contributed by atoms with Crippen LogP contribution in [0, 0.1) is 0 Å². The standard InChI is InChI=1S/C19H30N2O2/c1-5-7-14-20(13-6-2)18(22)19(23)21(16(3)4)15-17-11-9-8-10-12-17/h8-12,16H,5-7,13-15H2,1-4H3. The van der Waals surface area contributed by atoms with Gasteiger partial charge in [0.25, 0.3) is 0 Å². The Labute approximate surface area is 140 Å². The molecule has 0 aliphatic heterocycles. The highest BCUT2D eigenvalue weighted by atomic mass is 16.2. The third kappa shape index (κ3) is 6.05. The topological polar surface area (TPSA) is 40.6 Å². The first-order valence-electron chi connectivity index (χ1n) is 8.65. The largest absolute Gasteiger partial charge is 0.334 e. The van der Waals surface area contributed by atoms with Gasteiger partial charge in [-0.25, -0.2) is 0 Å². The van der Waals surface area contributed by atoms with Crippen molar-refractivity contribution in [3.63, 3.8) is 0 Å². The maximum atomic E-state index is 12.7. The number of nitrogens with zero attached hydrogens (tertiary/aromatic N) is 2. The third-order valence-corrected chi connectivity index (χ3v) is 3.83. The molecule has 2 amide bonds. The zero-order chi connectivity index (χ0) is 17.2. The molecule has 0 saturated carbocycles. The minimum atomic E-state index is -0.395. The summed E-state index contributed by atoms with van der Waals surface area (Å²) in [6.07, 6.45) is 2.81. The van der Waals surface area contributed by atoms with Gasteiger partial charge in [0, 0.05) is 25.7 Å². The Morgan fingerprint density at radius 2 is 1.61 bits per heavy atom. The number of carbonyl (C=O) groups excluding carboxylic acids is 2. The highest BCUT2D eigenvalue weighted by Crippen LogP contribution is 2.10. The highest BCUT2D eigenvalue weighted by Gasteiger charge is 2.28. The summed E-state index contributed by atoms with van der Waals surface area (Å²) < 4.78 is 0. The number of hydrogen-bond acceptors (Lipinski definition) is 2. The van der Waals surface area contributed by atoms with Crippen LogP contribution in [0.2, 0.25) is 0 Å². The van der Waals surface area contributed by atoms with Gasteiger partial charge < -0.3 is 9.80 Å². The zero-order valence-corrected chi connectivity index (χ0v) is 14.9. The SMILES string of the molecule is CCCCN(CCC)C(=O)C(=O)N(Cc1ccccc1)C(C)C. The second-order valence-corrected chi connectivity index (χ2v) is 6.16. The van der Waals surface area contributed by atoms with Crippen LogP contribution in [0.1, 0.15) is 52.5 Å². The monoisotopic (exact) mass is 318 g/mol. The maximum absolute atomic E-state index is 12.7.